The van der Waals surface area contributed by atoms with Gasteiger partial charge in [-0.25, -0.2) is 8.78 Å². The Labute approximate surface area is 236 Å². The van der Waals surface area contributed by atoms with E-state index in [2.05, 4.69) is 42.4 Å². The molecule has 1 atom stereocenters. The van der Waals surface area contributed by atoms with Crippen LogP contribution >= 0.6 is 0 Å². The van der Waals surface area contributed by atoms with Crippen LogP contribution in [-0.2, 0) is 11.2 Å². The van der Waals surface area contributed by atoms with Crippen molar-refractivity contribution < 1.29 is 65.0 Å². The summed E-state index contributed by atoms with van der Waals surface area (Å²) in [6.07, 6.45) is 3.05. The normalized spacial score (nSPS) is 10.3. The Bertz CT molecular complexity index is 981. The summed E-state index contributed by atoms with van der Waals surface area (Å²) in [5, 5.41) is 11.2. The molecule has 0 bridgehead atoms. The molecule has 3 rings (SSSR count). The van der Waals surface area contributed by atoms with Crippen LogP contribution in [0.4, 0.5) is 14.5 Å². The number of nitrogens with one attached hydrogen (secondary N) is 1. The Morgan fingerprint density at radius 3 is 2.24 bits per heavy atom. The zero-order valence-electron chi connectivity index (χ0n) is 18.5. The van der Waals surface area contributed by atoms with Crippen molar-refractivity contribution in [2.75, 3.05) is 12.3 Å². The molecule has 0 fully saturated rings. The van der Waals surface area contributed by atoms with Gasteiger partial charge in [0, 0.05) is 6.20 Å². The molecule has 2 aromatic carbocycles. The van der Waals surface area contributed by atoms with Crippen LogP contribution < -0.4 is 62.4 Å². The number of hydrogen-bond donors (Lipinski definition) is 2. The van der Waals surface area contributed by atoms with Crippen LogP contribution in [0.2, 0.25) is 0 Å². The molecule has 5 nitrogen and oxygen atoms in total. The third kappa shape index (κ3) is 14.0. The van der Waals surface area contributed by atoms with Gasteiger partial charge >= 0.3 is 51.4 Å². The number of benzene rings is 2. The van der Waals surface area contributed by atoms with Crippen LogP contribution in [-0.4, -0.2) is 30.3 Å². The minimum Gasteiger partial charge on any atom is -0.407 e. The first-order valence-corrected chi connectivity index (χ1v) is 9.65. The largest absolute Gasteiger partial charge is 1.00 e. The van der Waals surface area contributed by atoms with Crippen molar-refractivity contribution in [3.63, 3.8) is 0 Å². The van der Waals surface area contributed by atoms with Crippen molar-refractivity contribution in [2.24, 2.45) is 0 Å². The summed E-state index contributed by atoms with van der Waals surface area (Å²) in [4.78, 5) is 13.6. The summed E-state index contributed by atoms with van der Waals surface area (Å²) in [5.74, 6) is 0. The van der Waals surface area contributed by atoms with Gasteiger partial charge in [0.05, 0.1) is 17.9 Å². The molecule has 0 aliphatic rings. The van der Waals surface area contributed by atoms with Crippen LogP contribution in [0.25, 0.3) is 0 Å². The molecule has 0 unspecified atom stereocenters. The van der Waals surface area contributed by atoms with Gasteiger partial charge < -0.3 is 34.7 Å². The zero-order chi connectivity index (χ0) is 23.8. The van der Waals surface area contributed by atoms with E-state index >= 15 is 0 Å². The molecule has 168 valence electrons. The molecule has 3 aromatic rings. The van der Waals surface area contributed by atoms with Gasteiger partial charge in [0.2, 0.25) is 6.43 Å². The maximum Gasteiger partial charge on any atom is 1.00 e. The summed E-state index contributed by atoms with van der Waals surface area (Å²) in [7, 11) is 0. The number of nitrogens with zero attached hydrogens (tertiary/aromatic N) is 2. The second-order valence-corrected chi connectivity index (χ2v) is 6.48. The predicted molar refractivity (Wildman–Crippen MR) is 122 cm³/mol. The number of rotatable bonds is 6. The van der Waals surface area contributed by atoms with Crippen LogP contribution in [0.15, 0.2) is 73.1 Å². The van der Waals surface area contributed by atoms with E-state index in [1.807, 2.05) is 42.5 Å². The van der Waals surface area contributed by atoms with Crippen molar-refractivity contribution >= 4 is 12.0 Å². The Kier molecular flexibility index (Phi) is 17.3. The van der Waals surface area contributed by atoms with Crippen molar-refractivity contribution in [2.45, 2.75) is 18.9 Å². The smallest absolute Gasteiger partial charge is 0.407 e. The number of anilines is 1. The number of hydrogen-bond acceptors (Lipinski definition) is 5. The third-order valence-electron chi connectivity index (χ3n) is 3.90. The van der Waals surface area contributed by atoms with E-state index in [-0.39, 0.29) is 51.4 Å². The molecule has 0 saturated heterocycles. The minimum absolute atomic E-state index is 0. The molecule has 0 spiro atoms. The number of halogens is 2. The Morgan fingerprint density at radius 1 is 1.09 bits per heavy atom. The Hall–Kier alpha value is -1.99. The second kappa shape index (κ2) is 18.4. The van der Waals surface area contributed by atoms with Crippen molar-refractivity contribution in [3.8, 4) is 6.07 Å². The second-order valence-electron chi connectivity index (χ2n) is 6.48. The molecule has 0 amide bonds. The molecular weight excluding hydrogens is 449 g/mol. The van der Waals surface area contributed by atoms with E-state index in [9.17, 15) is 13.6 Å². The van der Waals surface area contributed by atoms with Gasteiger partial charge in [-0.15, -0.1) is 18.2 Å². The molecule has 1 aromatic heterocycles. The molecule has 0 aliphatic carbocycles. The van der Waals surface area contributed by atoms with Gasteiger partial charge in [-0.05, 0) is 35.4 Å². The average Bonchev–Trinajstić information content (AvgIpc) is 2.81. The van der Waals surface area contributed by atoms with Crippen molar-refractivity contribution in [1.29, 1.82) is 5.26 Å². The fourth-order valence-corrected chi connectivity index (χ4v) is 2.37. The topological polar surface area (TPSA) is 91.8 Å². The summed E-state index contributed by atoms with van der Waals surface area (Å²) in [6.45, 7) is 6.74. The first-order chi connectivity index (χ1) is 15.4. The van der Waals surface area contributed by atoms with E-state index in [1.54, 1.807) is 6.29 Å². The number of aromatic nitrogens is 1. The van der Waals surface area contributed by atoms with E-state index in [4.69, 9.17) is 11.0 Å². The van der Waals surface area contributed by atoms with Gasteiger partial charge in [-0.1, -0.05) is 54.7 Å². The fourth-order valence-electron chi connectivity index (χ4n) is 2.37. The third-order valence-corrected chi connectivity index (χ3v) is 3.90. The average molecular weight is 475 g/mol. The van der Waals surface area contributed by atoms with Crippen LogP contribution in [0.5, 0.6) is 0 Å². The standard InChI is InChI=1S/C14H11N.C6H5N2O.C5H9F2N.K/c15-11-14-8-4-7-13(10-14)9-12-5-2-1-3-6-12;7-6-1-5(4-9)2-8-3-6;1-3-8-4(2)5(6)7;/h1-8,10H,9H2;1-3H,7H2;4-5,8H,1-3H2;/q;-1;-2;+1/t;;4-;/m..0./s1. The minimum atomic E-state index is -2.39. The summed E-state index contributed by atoms with van der Waals surface area (Å²) >= 11 is 0. The van der Waals surface area contributed by atoms with Crippen LogP contribution in [0, 0.1) is 25.2 Å². The predicted octanol–water partition coefficient (Wildman–Crippen LogP) is 1.15. The van der Waals surface area contributed by atoms with Gasteiger partial charge in [0.25, 0.3) is 0 Å². The maximum absolute atomic E-state index is 11.5. The fraction of sp³-hybridized carbons (Fsp3) is 0.160. The molecule has 0 aliphatic heterocycles. The number of pyridine rings is 1. The molecule has 33 heavy (non-hydrogen) atoms. The SMILES string of the molecule is N#Cc1cccc(Cc2ccccc2)c1.Nc1cncc([C-]=O)c1.[CH2-]CN[C@@H]([CH2-])C(F)F.[K+]. The number of nitrogen functional groups attached to an aromatic ring is 1. The molecule has 3 N–H and O–H groups in total. The van der Waals surface area contributed by atoms with Gasteiger partial charge in [0.15, 0.2) is 0 Å². The molecule has 8 heteroatoms. The van der Waals surface area contributed by atoms with Gasteiger partial charge in [-0.3, -0.25) is 0 Å². The zero-order valence-corrected chi connectivity index (χ0v) is 21.7. The quantitative estimate of drug-likeness (QED) is 0.413. The summed E-state index contributed by atoms with van der Waals surface area (Å²) < 4.78 is 22.9. The maximum atomic E-state index is 11.5. The number of carbonyl (C=O) groups excluding carboxylic acids is 1. The molecule has 1 heterocycles. The summed E-state index contributed by atoms with van der Waals surface area (Å²) in [6, 6.07) is 20.7. The molecular formula is C25H25F2KN4O-2. The Balaban J connectivity index is 0.000000494. The van der Waals surface area contributed by atoms with Crippen molar-refractivity contribution in [3.05, 3.63) is 109 Å². The van der Waals surface area contributed by atoms with E-state index in [1.165, 1.54) is 29.6 Å². The first kappa shape index (κ1) is 31.0. The molecule has 0 radical (unpaired) electrons. The number of nitriles is 1. The van der Waals surface area contributed by atoms with Crippen LogP contribution in [0.3, 0.4) is 0 Å². The van der Waals surface area contributed by atoms with Crippen molar-refractivity contribution in [1.82, 2.24) is 10.3 Å². The van der Waals surface area contributed by atoms with Gasteiger partial charge in [-0.2, -0.15) is 5.26 Å². The first-order valence-electron chi connectivity index (χ1n) is 9.65. The van der Waals surface area contributed by atoms with E-state index in [0.29, 0.717) is 17.8 Å². The van der Waals surface area contributed by atoms with Gasteiger partial charge in [0.1, 0.15) is 0 Å². The number of nitrogens with two attached hydrogens (primary N) is 1. The summed E-state index contributed by atoms with van der Waals surface area (Å²) in [5.41, 5.74) is 9.34. The molecule has 0 saturated carbocycles. The number of alkyl halides is 2. The van der Waals surface area contributed by atoms with E-state index < -0.39 is 12.5 Å². The van der Waals surface area contributed by atoms with Crippen LogP contribution in [0.1, 0.15) is 22.3 Å². The van der Waals surface area contributed by atoms with E-state index in [0.717, 1.165) is 12.0 Å². The Morgan fingerprint density at radius 2 is 1.76 bits per heavy atom. The monoisotopic (exact) mass is 474 g/mol.